The van der Waals surface area contributed by atoms with Gasteiger partial charge in [-0.1, -0.05) is 44.5 Å². The van der Waals surface area contributed by atoms with Crippen LogP contribution >= 0.6 is 0 Å². The summed E-state index contributed by atoms with van der Waals surface area (Å²) in [4.78, 5) is 18.7. The number of aromatic amines is 1. The minimum Gasteiger partial charge on any atom is -0.508 e. The maximum Gasteiger partial charge on any atom is 0.219 e. The van der Waals surface area contributed by atoms with Crippen LogP contribution in [0.5, 0.6) is 17.2 Å². The highest BCUT2D eigenvalue weighted by molar-refractivity contribution is 6.74. The number of phenols is 3. The molecule has 2 atom stereocenters. The van der Waals surface area contributed by atoms with Crippen LogP contribution in [0.15, 0.2) is 72.8 Å². The van der Waals surface area contributed by atoms with Gasteiger partial charge in [-0.25, -0.2) is 0 Å². The Kier molecular flexibility index (Phi) is 9.79. The predicted molar refractivity (Wildman–Crippen MR) is 166 cm³/mol. The number of hydrogen-bond donors (Lipinski definition) is 5. The van der Waals surface area contributed by atoms with Crippen molar-refractivity contribution in [3.8, 4) is 17.2 Å². The van der Waals surface area contributed by atoms with Gasteiger partial charge in [-0.05, 0) is 91.9 Å². The van der Waals surface area contributed by atoms with Gasteiger partial charge in [0.05, 0.1) is 5.68 Å². The minimum absolute atomic E-state index is 0.0210. The van der Waals surface area contributed by atoms with Crippen LogP contribution in [-0.2, 0) is 16.6 Å². The van der Waals surface area contributed by atoms with E-state index in [2.05, 4.69) is 23.7 Å². The average Bonchev–Trinajstić information content (AvgIpc) is 3.36. The summed E-state index contributed by atoms with van der Waals surface area (Å²) in [6, 6.07) is 21.9. The van der Waals surface area contributed by atoms with Crippen molar-refractivity contribution in [1.29, 1.82) is 0 Å². The zero-order valence-electron chi connectivity index (χ0n) is 24.2. The molecule has 41 heavy (non-hydrogen) atoms. The van der Waals surface area contributed by atoms with Gasteiger partial charge in [0.25, 0.3) is 0 Å². The van der Waals surface area contributed by atoms with Gasteiger partial charge < -0.3 is 35.7 Å². The van der Waals surface area contributed by atoms with Gasteiger partial charge in [-0.15, -0.1) is 0 Å². The summed E-state index contributed by atoms with van der Waals surface area (Å²) < 4.78 is 0. The molecular weight excluding hydrogens is 513 g/mol. The Morgan fingerprint density at radius 3 is 2.10 bits per heavy atom. The molecule has 0 aliphatic carbocycles. The number of carbonyl (C=O) groups is 1. The highest BCUT2D eigenvalue weighted by Crippen LogP contribution is 2.42. The van der Waals surface area contributed by atoms with Crippen molar-refractivity contribution in [3.63, 3.8) is 0 Å². The molecule has 0 saturated carbocycles. The van der Waals surface area contributed by atoms with E-state index in [0.29, 0.717) is 12.9 Å². The fraction of sp³-hybridized carbons (Fsp3) is 0.364. The quantitative estimate of drug-likeness (QED) is 0.141. The van der Waals surface area contributed by atoms with Crippen LogP contribution < -0.4 is 5.73 Å². The summed E-state index contributed by atoms with van der Waals surface area (Å²) in [6.45, 7) is 5.39. The Morgan fingerprint density at radius 1 is 0.951 bits per heavy atom. The zero-order valence-corrected chi connectivity index (χ0v) is 24.2. The lowest BCUT2D eigenvalue weighted by atomic mass is 9.64. The second kappa shape index (κ2) is 13.3. The van der Waals surface area contributed by atoms with E-state index in [4.69, 9.17) is 5.73 Å². The smallest absolute Gasteiger partial charge is 0.219 e. The van der Waals surface area contributed by atoms with Crippen molar-refractivity contribution in [2.24, 2.45) is 17.6 Å². The van der Waals surface area contributed by atoms with E-state index in [1.165, 1.54) is 0 Å². The second-order valence-electron chi connectivity index (χ2n) is 11.3. The maximum atomic E-state index is 13.2. The number of aromatic nitrogens is 1. The topological polar surface area (TPSA) is 123 Å². The molecule has 0 saturated heterocycles. The molecule has 215 valence electrons. The van der Waals surface area contributed by atoms with Crippen molar-refractivity contribution in [2.75, 3.05) is 26.6 Å². The molecule has 6 N–H and O–H groups in total. The van der Waals surface area contributed by atoms with Gasteiger partial charge in [0.2, 0.25) is 7.28 Å². The van der Waals surface area contributed by atoms with E-state index >= 15 is 0 Å². The first-order valence-corrected chi connectivity index (χ1v) is 14.3. The monoisotopic (exact) mass is 554 g/mol. The van der Waals surface area contributed by atoms with Crippen LogP contribution in [0.1, 0.15) is 43.5 Å². The molecule has 4 aromatic rings. The lowest BCUT2D eigenvalue weighted by Gasteiger charge is -2.41. The van der Waals surface area contributed by atoms with Crippen LogP contribution in [-0.4, -0.2) is 64.7 Å². The molecule has 1 radical (unpaired) electrons. The molecule has 8 heteroatoms. The molecule has 4 rings (SSSR count). The first kappa shape index (κ1) is 30.2. The van der Waals surface area contributed by atoms with Gasteiger partial charge in [-0.3, -0.25) is 0 Å². The third kappa shape index (κ3) is 7.13. The number of nitrogens with two attached hydrogens (primary N) is 1. The number of fused-ring (bicyclic) bond motifs is 1. The molecule has 1 heterocycles. The van der Waals surface area contributed by atoms with Crippen molar-refractivity contribution in [3.05, 3.63) is 89.6 Å². The van der Waals surface area contributed by atoms with Crippen LogP contribution in [0.3, 0.4) is 0 Å². The maximum absolute atomic E-state index is 13.2. The number of nitrogens with zero attached hydrogens (tertiary/aromatic N) is 1. The predicted octanol–water partition coefficient (Wildman–Crippen LogP) is 4.94. The summed E-state index contributed by atoms with van der Waals surface area (Å²) in [6.07, 6.45) is 2.95. The Hall–Kier alpha value is -3.75. The SMILES string of the molecule is CCCC(CN(C)C[B]C(=O)[C@@H](CN)Cc1cc2cc(O)ccc2[nH]1)C(C)(c1ccc(O)cc1)c1ccc(O)cc1. The van der Waals surface area contributed by atoms with Gasteiger partial charge in [0, 0.05) is 41.0 Å². The van der Waals surface area contributed by atoms with E-state index in [9.17, 15) is 20.1 Å². The van der Waals surface area contributed by atoms with Gasteiger partial charge >= 0.3 is 0 Å². The Labute approximate surface area is 243 Å². The molecule has 1 unspecified atom stereocenters. The van der Waals surface area contributed by atoms with Crippen LogP contribution in [0.4, 0.5) is 0 Å². The molecule has 3 aromatic carbocycles. The summed E-state index contributed by atoms with van der Waals surface area (Å²) in [7, 11) is 3.77. The van der Waals surface area contributed by atoms with E-state index < -0.39 is 0 Å². The molecular formula is C33H41BN3O4. The lowest BCUT2D eigenvalue weighted by Crippen LogP contribution is -2.43. The van der Waals surface area contributed by atoms with Crippen molar-refractivity contribution in [1.82, 2.24) is 9.88 Å². The number of phenolic OH excluding ortho intramolecular Hbond substituents is 3. The number of hydrogen-bond acceptors (Lipinski definition) is 6. The molecule has 0 bridgehead atoms. The summed E-state index contributed by atoms with van der Waals surface area (Å²) in [5.74, 6) is 0.511. The fourth-order valence-corrected chi connectivity index (χ4v) is 5.88. The normalized spacial score (nSPS) is 13.4. The van der Waals surface area contributed by atoms with Crippen molar-refractivity contribution in [2.45, 2.75) is 38.5 Å². The van der Waals surface area contributed by atoms with Gasteiger partial charge in [0.1, 0.15) is 17.2 Å². The third-order valence-electron chi connectivity index (χ3n) is 8.34. The largest absolute Gasteiger partial charge is 0.508 e. The standard InChI is InChI=1S/C33H41BN3O4/c1-4-5-26(33(2,24-6-10-28(38)11-7-24)25-8-12-29(39)13-9-25)20-37(3)21-34-32(41)23(19-35)17-27-16-22-18-30(40)14-15-31(22)36-27/h6-16,18,23,26,36,38-40H,4-5,17,19-21,35H2,1-3H3/t23-,26?/m1/s1. The Bertz CT molecular complexity index is 1390. The third-order valence-corrected chi connectivity index (χ3v) is 8.34. The zero-order chi connectivity index (χ0) is 29.6. The number of benzene rings is 3. The Balaban J connectivity index is 1.47. The summed E-state index contributed by atoms with van der Waals surface area (Å²) >= 11 is 0. The summed E-state index contributed by atoms with van der Waals surface area (Å²) in [5, 5.41) is 30.6. The van der Waals surface area contributed by atoms with Gasteiger partial charge in [-0.2, -0.15) is 0 Å². The number of aromatic hydroxyl groups is 3. The highest BCUT2D eigenvalue weighted by atomic mass is 16.3. The molecule has 0 amide bonds. The molecule has 0 fully saturated rings. The molecule has 0 aliphatic rings. The molecule has 0 aliphatic heterocycles. The number of rotatable bonds is 14. The van der Waals surface area contributed by atoms with E-state index in [-0.39, 0.29) is 46.7 Å². The molecule has 1 aromatic heterocycles. The van der Waals surface area contributed by atoms with Crippen LogP contribution in [0.2, 0.25) is 0 Å². The van der Waals surface area contributed by atoms with Crippen molar-refractivity contribution >= 4 is 23.9 Å². The lowest BCUT2D eigenvalue weighted by molar-refractivity contribution is -0.115. The van der Waals surface area contributed by atoms with E-state index in [1.54, 1.807) is 43.7 Å². The average molecular weight is 555 g/mol. The minimum atomic E-state index is -0.389. The first-order valence-electron chi connectivity index (χ1n) is 14.3. The molecule has 0 spiro atoms. The van der Waals surface area contributed by atoms with Crippen LogP contribution in [0, 0.1) is 11.8 Å². The highest BCUT2D eigenvalue weighted by Gasteiger charge is 2.38. The van der Waals surface area contributed by atoms with Crippen molar-refractivity contribution < 1.29 is 20.1 Å². The fourth-order valence-electron chi connectivity index (χ4n) is 5.88. The number of nitrogens with one attached hydrogen (secondary N) is 1. The Morgan fingerprint density at radius 2 is 1.54 bits per heavy atom. The first-order chi connectivity index (χ1) is 19.6. The summed E-state index contributed by atoms with van der Waals surface area (Å²) in [5.41, 5.74) is 9.66. The van der Waals surface area contributed by atoms with Crippen LogP contribution in [0.25, 0.3) is 10.9 Å². The number of H-pyrrole nitrogens is 1. The van der Waals surface area contributed by atoms with E-state index in [0.717, 1.165) is 47.1 Å². The second-order valence-corrected chi connectivity index (χ2v) is 11.3. The van der Waals surface area contributed by atoms with Gasteiger partial charge in [0.15, 0.2) is 0 Å². The molecule has 7 nitrogen and oxygen atoms in total. The van der Waals surface area contributed by atoms with E-state index in [1.807, 2.05) is 43.4 Å². The number of carbonyl (C=O) groups excluding carboxylic acids is 1.